The number of hydrogen-bond donors (Lipinski definition) is 1. The number of aryl methyl sites for hydroxylation is 3. The van der Waals surface area contributed by atoms with E-state index in [1.54, 1.807) is 7.11 Å². The first-order chi connectivity index (χ1) is 16.7. The second-order valence-corrected chi connectivity index (χ2v) is 11.2. The van der Waals surface area contributed by atoms with Crippen molar-refractivity contribution in [2.75, 3.05) is 7.11 Å². The fourth-order valence-electron chi connectivity index (χ4n) is 3.54. The summed E-state index contributed by atoms with van der Waals surface area (Å²) < 4.78 is 13.7. The van der Waals surface area contributed by atoms with Gasteiger partial charge in [-0.05, 0) is 108 Å². The molecule has 0 atom stereocenters. The van der Waals surface area contributed by atoms with Crippen LogP contribution >= 0.6 is 50.3 Å². The number of nitrogens with one attached hydrogen (secondary N) is 1. The largest absolute Gasteiger partial charge is 0.493 e. The minimum absolute atomic E-state index is 0.173. The maximum absolute atomic E-state index is 12.6. The molecule has 5 nitrogen and oxygen atoms in total. The molecule has 1 heterocycles. The summed E-state index contributed by atoms with van der Waals surface area (Å²) in [6, 6.07) is 16.1. The number of nitrogens with zero attached hydrogens (tertiary/aromatic N) is 1. The number of halogens is 2. The molecule has 0 saturated carbocycles. The van der Waals surface area contributed by atoms with E-state index in [9.17, 15) is 4.79 Å². The first-order valence-electron chi connectivity index (χ1n) is 10.9. The number of carbonyl (C=O) groups excluding carboxylic acids is 1. The SMILES string of the molecule is COc1cc(/C=C2\SC(=Nc3cc(C)c(Br)c(C)c3)NC2=O)cc(I)c1OCc1ccc(C)cc1. The van der Waals surface area contributed by atoms with Gasteiger partial charge in [0.1, 0.15) is 6.61 Å². The molecule has 1 aliphatic heterocycles. The molecule has 1 saturated heterocycles. The fourth-order valence-corrected chi connectivity index (χ4v) is 5.39. The Bertz CT molecular complexity index is 1330. The van der Waals surface area contributed by atoms with Crippen molar-refractivity contribution in [1.82, 2.24) is 5.32 Å². The van der Waals surface area contributed by atoms with Crippen LogP contribution in [0.2, 0.25) is 0 Å². The minimum atomic E-state index is -0.173. The molecule has 0 aromatic heterocycles. The Balaban J connectivity index is 1.54. The normalized spacial score (nSPS) is 15.5. The Morgan fingerprint density at radius 3 is 2.43 bits per heavy atom. The number of thioether (sulfide) groups is 1. The van der Waals surface area contributed by atoms with E-state index in [0.717, 1.165) is 36.0 Å². The van der Waals surface area contributed by atoms with Crippen molar-refractivity contribution in [3.63, 3.8) is 0 Å². The predicted octanol–water partition coefficient (Wildman–Crippen LogP) is 7.46. The van der Waals surface area contributed by atoms with Crippen LogP contribution in [0.4, 0.5) is 5.69 Å². The maximum Gasteiger partial charge on any atom is 0.264 e. The number of ether oxygens (including phenoxy) is 2. The van der Waals surface area contributed by atoms with Crippen LogP contribution in [0.25, 0.3) is 6.08 Å². The van der Waals surface area contributed by atoms with Crippen molar-refractivity contribution in [1.29, 1.82) is 0 Å². The number of amides is 1. The summed E-state index contributed by atoms with van der Waals surface area (Å²) >= 11 is 7.13. The zero-order valence-electron chi connectivity index (χ0n) is 19.7. The minimum Gasteiger partial charge on any atom is -0.493 e. The second-order valence-electron chi connectivity index (χ2n) is 8.18. The van der Waals surface area contributed by atoms with Gasteiger partial charge in [0.2, 0.25) is 0 Å². The van der Waals surface area contributed by atoms with E-state index in [4.69, 9.17) is 9.47 Å². The van der Waals surface area contributed by atoms with E-state index < -0.39 is 0 Å². The molecule has 3 aromatic carbocycles. The van der Waals surface area contributed by atoms with Gasteiger partial charge >= 0.3 is 0 Å². The lowest BCUT2D eigenvalue weighted by Crippen LogP contribution is -2.19. The highest BCUT2D eigenvalue weighted by molar-refractivity contribution is 14.1. The molecule has 0 spiro atoms. The zero-order valence-corrected chi connectivity index (χ0v) is 24.3. The number of rotatable bonds is 6. The Morgan fingerprint density at radius 1 is 1.09 bits per heavy atom. The summed E-state index contributed by atoms with van der Waals surface area (Å²) in [5.74, 6) is 1.13. The number of benzene rings is 3. The third-order valence-electron chi connectivity index (χ3n) is 5.36. The van der Waals surface area contributed by atoms with E-state index in [1.165, 1.54) is 17.3 Å². The molecule has 1 fully saturated rings. The van der Waals surface area contributed by atoms with Crippen LogP contribution in [0.3, 0.4) is 0 Å². The molecule has 8 heteroatoms. The molecular formula is C27H24BrIN2O3S. The Labute approximate surface area is 231 Å². The summed E-state index contributed by atoms with van der Waals surface area (Å²) in [5.41, 5.74) is 6.15. The first kappa shape index (κ1) is 25.8. The van der Waals surface area contributed by atoms with E-state index in [0.29, 0.717) is 28.2 Å². The van der Waals surface area contributed by atoms with Crippen LogP contribution in [0.1, 0.15) is 27.8 Å². The molecule has 3 aromatic rings. The highest BCUT2D eigenvalue weighted by Gasteiger charge is 2.24. The van der Waals surface area contributed by atoms with Crippen LogP contribution in [0.15, 0.2) is 62.9 Å². The van der Waals surface area contributed by atoms with Gasteiger partial charge in [-0.25, -0.2) is 4.99 Å². The lowest BCUT2D eigenvalue weighted by atomic mass is 10.1. The Kier molecular flexibility index (Phi) is 8.23. The second kappa shape index (κ2) is 11.2. The fraction of sp³-hybridized carbons (Fsp3) is 0.185. The monoisotopic (exact) mass is 662 g/mol. The quantitative estimate of drug-likeness (QED) is 0.220. The van der Waals surface area contributed by atoms with Crippen molar-refractivity contribution in [3.8, 4) is 11.5 Å². The molecule has 180 valence electrons. The molecule has 0 radical (unpaired) electrons. The Morgan fingerprint density at radius 2 is 1.77 bits per heavy atom. The molecule has 35 heavy (non-hydrogen) atoms. The average Bonchev–Trinajstić information content (AvgIpc) is 3.15. The van der Waals surface area contributed by atoms with Crippen molar-refractivity contribution < 1.29 is 14.3 Å². The number of carbonyl (C=O) groups is 1. The standard InChI is InChI=1S/C27H24BrIN2O3S/c1-15-5-7-18(8-6-15)14-34-25-21(29)11-19(12-22(25)33-4)13-23-26(32)31-27(35-23)30-20-9-16(2)24(28)17(3)10-20/h5-13H,14H2,1-4H3,(H,30,31,32)/b23-13-. The van der Waals surface area contributed by atoms with Gasteiger partial charge in [0.25, 0.3) is 5.91 Å². The summed E-state index contributed by atoms with van der Waals surface area (Å²) in [6.45, 7) is 6.55. The van der Waals surface area contributed by atoms with Crippen LogP contribution in [0, 0.1) is 24.3 Å². The van der Waals surface area contributed by atoms with Gasteiger partial charge in [0.05, 0.1) is 21.3 Å². The molecule has 1 N–H and O–H groups in total. The van der Waals surface area contributed by atoms with Gasteiger partial charge < -0.3 is 14.8 Å². The molecule has 0 bridgehead atoms. The summed E-state index contributed by atoms with van der Waals surface area (Å²) in [7, 11) is 1.62. The van der Waals surface area contributed by atoms with Crippen molar-refractivity contribution in [2.45, 2.75) is 27.4 Å². The van der Waals surface area contributed by atoms with E-state index in [1.807, 2.05) is 44.2 Å². The first-order valence-corrected chi connectivity index (χ1v) is 13.5. The third-order valence-corrected chi connectivity index (χ3v) is 8.32. The van der Waals surface area contributed by atoms with Crippen molar-refractivity contribution in [3.05, 3.63) is 89.3 Å². The molecular weight excluding hydrogens is 639 g/mol. The van der Waals surface area contributed by atoms with E-state index >= 15 is 0 Å². The third kappa shape index (κ3) is 6.29. The predicted molar refractivity (Wildman–Crippen MR) is 156 cm³/mol. The smallest absolute Gasteiger partial charge is 0.264 e. The van der Waals surface area contributed by atoms with Crippen molar-refractivity contribution >= 4 is 73.1 Å². The molecule has 1 aliphatic rings. The summed E-state index contributed by atoms with van der Waals surface area (Å²) in [6.07, 6.45) is 1.84. The van der Waals surface area contributed by atoms with Gasteiger partial charge in [-0.2, -0.15) is 0 Å². The molecule has 1 amide bonds. The maximum atomic E-state index is 12.6. The van der Waals surface area contributed by atoms with Crippen LogP contribution in [-0.2, 0) is 11.4 Å². The lowest BCUT2D eigenvalue weighted by molar-refractivity contribution is -0.115. The summed E-state index contributed by atoms with van der Waals surface area (Å²) in [4.78, 5) is 17.8. The molecule has 4 rings (SSSR count). The average molecular weight is 663 g/mol. The molecule has 0 unspecified atom stereocenters. The van der Waals surface area contributed by atoms with Crippen molar-refractivity contribution in [2.24, 2.45) is 4.99 Å². The summed E-state index contributed by atoms with van der Waals surface area (Å²) in [5, 5.41) is 3.42. The number of amidine groups is 1. The van der Waals surface area contributed by atoms with Gasteiger partial charge in [0.15, 0.2) is 16.7 Å². The van der Waals surface area contributed by atoms with Gasteiger partial charge in [-0.15, -0.1) is 0 Å². The molecule has 0 aliphatic carbocycles. The van der Waals surface area contributed by atoms with Gasteiger partial charge in [-0.1, -0.05) is 45.8 Å². The highest BCUT2D eigenvalue weighted by Crippen LogP contribution is 2.37. The van der Waals surface area contributed by atoms with E-state index in [2.05, 4.69) is 80.0 Å². The Hall–Kier alpha value is -2.30. The van der Waals surface area contributed by atoms with Crippen LogP contribution < -0.4 is 14.8 Å². The highest BCUT2D eigenvalue weighted by atomic mass is 127. The lowest BCUT2D eigenvalue weighted by Gasteiger charge is -2.14. The number of methoxy groups -OCH3 is 1. The topological polar surface area (TPSA) is 59.9 Å². The zero-order chi connectivity index (χ0) is 25.1. The van der Waals surface area contributed by atoms with E-state index in [-0.39, 0.29) is 5.91 Å². The van der Waals surface area contributed by atoms with Gasteiger partial charge in [-0.3, -0.25) is 4.79 Å². The number of aliphatic imine (C=N–C) groups is 1. The van der Waals surface area contributed by atoms with Crippen LogP contribution in [-0.4, -0.2) is 18.2 Å². The number of hydrogen-bond acceptors (Lipinski definition) is 5. The van der Waals surface area contributed by atoms with Crippen LogP contribution in [0.5, 0.6) is 11.5 Å². The van der Waals surface area contributed by atoms with Gasteiger partial charge in [0, 0.05) is 4.47 Å².